The van der Waals surface area contributed by atoms with E-state index in [1.807, 2.05) is 6.92 Å². The summed E-state index contributed by atoms with van der Waals surface area (Å²) in [7, 11) is 0. The molecule has 0 atom stereocenters. The van der Waals surface area contributed by atoms with Crippen LogP contribution in [-0.2, 0) is 12.8 Å². The summed E-state index contributed by atoms with van der Waals surface area (Å²) in [4.78, 5) is -0.954. The minimum absolute atomic E-state index is 0.0825. The van der Waals surface area contributed by atoms with Gasteiger partial charge in [-0.25, -0.2) is 8.78 Å². The van der Waals surface area contributed by atoms with Crippen LogP contribution in [0.2, 0.25) is 0 Å². The fourth-order valence-electron chi connectivity index (χ4n) is 2.37. The Morgan fingerprint density at radius 2 is 1.62 bits per heavy atom. The number of alkyl halides is 3. The van der Waals surface area contributed by atoms with Crippen LogP contribution in [0.5, 0.6) is 5.75 Å². The molecular formula is C18H12F5NOS. The highest BCUT2D eigenvalue weighted by Gasteiger charge is 2.38. The number of aromatic nitrogens is 1. The van der Waals surface area contributed by atoms with E-state index in [0.29, 0.717) is 5.56 Å². The quantitative estimate of drug-likeness (QED) is 0.514. The first kappa shape index (κ1) is 18.3. The van der Waals surface area contributed by atoms with Gasteiger partial charge in [0.2, 0.25) is 0 Å². The lowest BCUT2D eigenvalue weighted by molar-refractivity contribution is -0.135. The summed E-state index contributed by atoms with van der Waals surface area (Å²) in [5, 5.41) is 0. The third kappa shape index (κ3) is 3.70. The van der Waals surface area contributed by atoms with E-state index in [4.69, 9.17) is 4.74 Å². The molecule has 0 aliphatic carbocycles. The van der Waals surface area contributed by atoms with Crippen LogP contribution in [0.4, 0.5) is 22.0 Å². The molecule has 3 rings (SSSR count). The number of aryl methyl sites for hydroxylation is 1. The van der Waals surface area contributed by atoms with Gasteiger partial charge in [-0.05, 0) is 30.6 Å². The van der Waals surface area contributed by atoms with Gasteiger partial charge >= 0.3 is 6.18 Å². The van der Waals surface area contributed by atoms with Crippen molar-refractivity contribution in [3.8, 4) is 17.0 Å². The molecule has 0 aliphatic heterocycles. The van der Waals surface area contributed by atoms with Crippen LogP contribution >= 0.6 is 11.5 Å². The van der Waals surface area contributed by atoms with Crippen molar-refractivity contribution in [2.75, 3.05) is 0 Å². The molecule has 1 heterocycles. The molecule has 0 radical (unpaired) electrons. The van der Waals surface area contributed by atoms with Crippen LogP contribution in [-0.4, -0.2) is 4.37 Å². The topological polar surface area (TPSA) is 22.1 Å². The fraction of sp³-hybridized carbons (Fsp3) is 0.167. The highest BCUT2D eigenvalue weighted by atomic mass is 32.1. The zero-order valence-corrected chi connectivity index (χ0v) is 14.2. The molecule has 0 aliphatic rings. The Morgan fingerprint density at radius 1 is 1.00 bits per heavy atom. The summed E-state index contributed by atoms with van der Waals surface area (Å²) in [6, 6.07) is 9.83. The molecule has 0 saturated carbocycles. The van der Waals surface area contributed by atoms with E-state index in [2.05, 4.69) is 4.37 Å². The summed E-state index contributed by atoms with van der Waals surface area (Å²) in [5.41, 5.74) is 1.23. The number of rotatable bonds is 4. The van der Waals surface area contributed by atoms with Crippen LogP contribution in [0.1, 0.15) is 16.0 Å². The molecule has 0 unspecified atom stereocenters. The van der Waals surface area contributed by atoms with Crippen molar-refractivity contribution in [3.05, 3.63) is 70.1 Å². The Labute approximate surface area is 150 Å². The highest BCUT2D eigenvalue weighted by Crippen LogP contribution is 2.40. The third-order valence-corrected chi connectivity index (χ3v) is 4.58. The number of halogens is 5. The average molecular weight is 385 g/mol. The summed E-state index contributed by atoms with van der Waals surface area (Å²) >= 11 is 0.283. The number of benzene rings is 2. The smallest absolute Gasteiger partial charge is 0.427 e. The molecule has 2 nitrogen and oxygen atoms in total. The van der Waals surface area contributed by atoms with E-state index in [1.165, 1.54) is 0 Å². The van der Waals surface area contributed by atoms with Crippen LogP contribution in [0.15, 0.2) is 42.5 Å². The monoisotopic (exact) mass is 385 g/mol. The molecule has 3 aromatic rings. The van der Waals surface area contributed by atoms with Crippen molar-refractivity contribution in [2.24, 2.45) is 0 Å². The van der Waals surface area contributed by atoms with E-state index < -0.39 is 35.0 Å². The number of hydrogen-bond donors (Lipinski definition) is 0. The first-order chi connectivity index (χ1) is 12.3. The molecule has 26 heavy (non-hydrogen) atoms. The number of hydrogen-bond acceptors (Lipinski definition) is 3. The lowest BCUT2D eigenvalue weighted by atomic mass is 10.1. The number of ether oxygens (including phenoxy) is 1. The molecule has 8 heteroatoms. The molecule has 0 N–H and O–H groups in total. The molecule has 0 amide bonds. The number of para-hydroxylation sites is 1. The van der Waals surface area contributed by atoms with Gasteiger partial charge in [0.05, 0.1) is 5.69 Å². The summed E-state index contributed by atoms with van der Waals surface area (Å²) < 4.78 is 76.2. The van der Waals surface area contributed by atoms with E-state index in [1.54, 1.807) is 24.3 Å². The van der Waals surface area contributed by atoms with Gasteiger partial charge in [0.15, 0.2) is 17.4 Å². The van der Waals surface area contributed by atoms with E-state index >= 15 is 0 Å². The van der Waals surface area contributed by atoms with Gasteiger partial charge < -0.3 is 4.74 Å². The van der Waals surface area contributed by atoms with Gasteiger partial charge in [0.25, 0.3) is 0 Å². The highest BCUT2D eigenvalue weighted by molar-refractivity contribution is 7.06. The Morgan fingerprint density at radius 3 is 2.19 bits per heavy atom. The molecular weight excluding hydrogens is 373 g/mol. The zero-order chi connectivity index (χ0) is 18.9. The fourth-order valence-corrected chi connectivity index (χ4v) is 3.14. The van der Waals surface area contributed by atoms with Crippen LogP contribution < -0.4 is 4.74 Å². The first-order valence-corrected chi connectivity index (χ1v) is 8.24. The van der Waals surface area contributed by atoms with Gasteiger partial charge in [-0.15, -0.1) is 0 Å². The van der Waals surface area contributed by atoms with Gasteiger partial charge in [-0.2, -0.15) is 17.5 Å². The predicted molar refractivity (Wildman–Crippen MR) is 88.0 cm³/mol. The lowest BCUT2D eigenvalue weighted by Gasteiger charge is -2.12. The van der Waals surface area contributed by atoms with Crippen molar-refractivity contribution >= 4 is 11.5 Å². The maximum Gasteiger partial charge on any atom is 0.427 e. The molecule has 1 aromatic heterocycles. The van der Waals surface area contributed by atoms with Crippen molar-refractivity contribution in [3.63, 3.8) is 0 Å². The Bertz CT molecular complexity index is 898. The minimum atomic E-state index is -4.65. The van der Waals surface area contributed by atoms with E-state index in [9.17, 15) is 22.0 Å². The average Bonchev–Trinajstić information content (AvgIpc) is 2.99. The third-order valence-electron chi connectivity index (χ3n) is 3.65. The van der Waals surface area contributed by atoms with E-state index in [-0.39, 0.29) is 22.8 Å². The van der Waals surface area contributed by atoms with Crippen LogP contribution in [0, 0.1) is 18.6 Å². The molecule has 0 saturated heterocycles. The van der Waals surface area contributed by atoms with Gasteiger partial charge in [-0.3, -0.25) is 0 Å². The molecule has 0 fully saturated rings. The van der Waals surface area contributed by atoms with Crippen molar-refractivity contribution in [2.45, 2.75) is 19.7 Å². The second kappa shape index (κ2) is 7.03. The SMILES string of the molecule is Cc1ccc(-c2nsc(C(F)(F)F)c2COc2c(F)cccc2F)cc1. The molecule has 0 spiro atoms. The Hall–Kier alpha value is -2.48. The summed E-state index contributed by atoms with van der Waals surface area (Å²) in [5.74, 6) is -2.70. The molecule has 136 valence electrons. The minimum Gasteiger partial charge on any atom is -0.483 e. The maximum absolute atomic E-state index is 13.7. The van der Waals surface area contributed by atoms with Gasteiger partial charge in [0, 0.05) is 11.1 Å². The first-order valence-electron chi connectivity index (χ1n) is 7.47. The largest absolute Gasteiger partial charge is 0.483 e. The summed E-state index contributed by atoms with van der Waals surface area (Å²) in [6.07, 6.45) is -4.65. The molecule has 0 bridgehead atoms. The van der Waals surface area contributed by atoms with Crippen LogP contribution in [0.3, 0.4) is 0 Å². The van der Waals surface area contributed by atoms with Crippen molar-refractivity contribution in [1.29, 1.82) is 0 Å². The Kier molecular flexibility index (Phi) is 4.95. The Balaban J connectivity index is 2.01. The van der Waals surface area contributed by atoms with Crippen molar-refractivity contribution in [1.82, 2.24) is 4.37 Å². The standard InChI is InChI=1S/C18H12F5NOS/c1-10-5-7-11(8-6-10)15-12(17(26-24-15)18(21,22)23)9-25-16-13(19)3-2-4-14(16)20/h2-8H,9H2,1H3. The van der Waals surface area contributed by atoms with Gasteiger partial charge in [-0.1, -0.05) is 35.9 Å². The summed E-state index contributed by atoms with van der Waals surface area (Å²) in [6.45, 7) is 1.18. The lowest BCUT2D eigenvalue weighted by Crippen LogP contribution is -2.09. The predicted octanol–water partition coefficient (Wildman–Crippen LogP) is 5.99. The van der Waals surface area contributed by atoms with Gasteiger partial charge in [0.1, 0.15) is 11.5 Å². The second-order valence-electron chi connectivity index (χ2n) is 5.54. The van der Waals surface area contributed by atoms with Crippen LogP contribution in [0.25, 0.3) is 11.3 Å². The number of nitrogens with zero attached hydrogens (tertiary/aromatic N) is 1. The molecule has 2 aromatic carbocycles. The zero-order valence-electron chi connectivity index (χ0n) is 13.4. The maximum atomic E-state index is 13.7. The second-order valence-corrected chi connectivity index (χ2v) is 6.32. The van der Waals surface area contributed by atoms with Crippen molar-refractivity contribution < 1.29 is 26.7 Å². The normalized spacial score (nSPS) is 11.6. The van der Waals surface area contributed by atoms with E-state index in [0.717, 1.165) is 23.8 Å².